The fourth-order valence-corrected chi connectivity index (χ4v) is 4.13. The molecule has 0 bridgehead atoms. The van der Waals surface area contributed by atoms with Crippen LogP contribution in [0.5, 0.6) is 11.5 Å². The van der Waals surface area contributed by atoms with Gasteiger partial charge in [-0.25, -0.2) is 4.39 Å². The minimum Gasteiger partial charge on any atom is -0.457 e. The number of hydrogen-bond donors (Lipinski definition) is 0. The lowest BCUT2D eigenvalue weighted by Crippen LogP contribution is -2.20. The summed E-state index contributed by atoms with van der Waals surface area (Å²) in [5.41, 5.74) is 0.748. The van der Waals surface area contributed by atoms with E-state index in [0.29, 0.717) is 45.2 Å². The molecule has 0 spiro atoms. The number of hydrogen-bond acceptors (Lipinski definition) is 4. The minimum absolute atomic E-state index is 0.331. The van der Waals surface area contributed by atoms with E-state index in [2.05, 4.69) is 4.99 Å². The molecule has 3 aromatic carbocycles. The maximum atomic E-state index is 14.5. The SMILES string of the molecule is COCCn1c(=NC(=O)c2ccccc2Oc2ccccc2)sc2cccc(F)c21. The van der Waals surface area contributed by atoms with Crippen LogP contribution >= 0.6 is 11.3 Å². The Labute approximate surface area is 176 Å². The van der Waals surface area contributed by atoms with Gasteiger partial charge in [0.15, 0.2) is 4.80 Å². The zero-order valence-corrected chi connectivity index (χ0v) is 17.1. The number of halogens is 1. The first-order valence-corrected chi connectivity index (χ1v) is 10.2. The molecule has 30 heavy (non-hydrogen) atoms. The first kappa shape index (κ1) is 20.0. The average Bonchev–Trinajstić information content (AvgIpc) is 3.11. The molecule has 0 aliphatic rings. The molecule has 0 N–H and O–H groups in total. The summed E-state index contributed by atoms with van der Waals surface area (Å²) in [6.45, 7) is 0.751. The van der Waals surface area contributed by atoms with E-state index in [-0.39, 0.29) is 5.82 Å². The average molecular weight is 422 g/mol. The van der Waals surface area contributed by atoms with Crippen LogP contribution in [0, 0.1) is 5.82 Å². The summed E-state index contributed by atoms with van der Waals surface area (Å²) in [6, 6.07) is 21.0. The van der Waals surface area contributed by atoms with Crippen molar-refractivity contribution in [2.45, 2.75) is 6.54 Å². The summed E-state index contributed by atoms with van der Waals surface area (Å²) >= 11 is 1.26. The summed E-state index contributed by atoms with van der Waals surface area (Å²) < 4.78 is 27.9. The topological polar surface area (TPSA) is 52.8 Å². The Balaban J connectivity index is 1.77. The predicted molar refractivity (Wildman–Crippen MR) is 115 cm³/mol. The van der Waals surface area contributed by atoms with Crippen molar-refractivity contribution in [3.05, 3.63) is 89.0 Å². The molecule has 0 radical (unpaired) electrons. The maximum Gasteiger partial charge on any atom is 0.283 e. The molecule has 1 heterocycles. The molecule has 1 aromatic heterocycles. The molecule has 0 atom stereocenters. The number of fused-ring (bicyclic) bond motifs is 1. The molecular formula is C23H19FN2O3S. The molecule has 1 amide bonds. The van der Waals surface area contributed by atoms with Crippen LogP contribution in [-0.4, -0.2) is 24.2 Å². The van der Waals surface area contributed by atoms with Crippen molar-refractivity contribution in [3.8, 4) is 11.5 Å². The quantitative estimate of drug-likeness (QED) is 0.438. The zero-order valence-electron chi connectivity index (χ0n) is 16.2. The number of rotatable bonds is 6. The van der Waals surface area contributed by atoms with E-state index in [1.54, 1.807) is 42.0 Å². The Hall–Kier alpha value is -3.29. The fourth-order valence-electron chi connectivity index (χ4n) is 3.06. The smallest absolute Gasteiger partial charge is 0.283 e. The van der Waals surface area contributed by atoms with Crippen molar-refractivity contribution in [1.29, 1.82) is 0 Å². The van der Waals surface area contributed by atoms with Crippen LogP contribution in [0.15, 0.2) is 77.8 Å². The van der Waals surface area contributed by atoms with Gasteiger partial charge in [-0.3, -0.25) is 4.79 Å². The summed E-state index contributed by atoms with van der Waals surface area (Å²) in [7, 11) is 1.57. The van der Waals surface area contributed by atoms with Crippen molar-refractivity contribution in [2.24, 2.45) is 4.99 Å². The number of para-hydroxylation sites is 3. The van der Waals surface area contributed by atoms with Crippen LogP contribution in [0.3, 0.4) is 0 Å². The molecule has 0 saturated heterocycles. The fraction of sp³-hybridized carbons (Fsp3) is 0.130. The zero-order chi connectivity index (χ0) is 20.9. The molecule has 0 aliphatic carbocycles. The predicted octanol–water partition coefficient (Wildman–Crippen LogP) is 5.02. The lowest BCUT2D eigenvalue weighted by atomic mass is 10.2. The Morgan fingerprint density at radius 1 is 1.03 bits per heavy atom. The molecule has 4 rings (SSSR count). The second-order valence-corrected chi connectivity index (χ2v) is 7.45. The highest BCUT2D eigenvalue weighted by molar-refractivity contribution is 7.16. The molecular weight excluding hydrogens is 403 g/mol. The second-order valence-electron chi connectivity index (χ2n) is 6.44. The van der Waals surface area contributed by atoms with Gasteiger partial charge < -0.3 is 14.0 Å². The number of thiazole rings is 1. The van der Waals surface area contributed by atoms with E-state index in [1.807, 2.05) is 36.4 Å². The third-order valence-corrected chi connectivity index (χ3v) is 5.50. The summed E-state index contributed by atoms with van der Waals surface area (Å²) in [5.74, 6) is 0.214. The first-order chi connectivity index (χ1) is 14.7. The second kappa shape index (κ2) is 9.02. The number of carbonyl (C=O) groups excluding carboxylic acids is 1. The molecule has 7 heteroatoms. The highest BCUT2D eigenvalue weighted by Gasteiger charge is 2.15. The minimum atomic E-state index is -0.459. The molecule has 0 saturated carbocycles. The highest BCUT2D eigenvalue weighted by Crippen LogP contribution is 2.26. The van der Waals surface area contributed by atoms with Crippen LogP contribution in [0.2, 0.25) is 0 Å². The van der Waals surface area contributed by atoms with Crippen molar-refractivity contribution in [3.63, 3.8) is 0 Å². The number of methoxy groups -OCH3 is 1. The van der Waals surface area contributed by atoms with E-state index >= 15 is 0 Å². The number of aromatic nitrogens is 1. The molecule has 4 aromatic rings. The van der Waals surface area contributed by atoms with Crippen molar-refractivity contribution in [2.75, 3.05) is 13.7 Å². The standard InChI is InChI=1S/C23H19FN2O3S/c1-28-15-14-26-21-18(24)11-7-13-20(21)30-23(26)25-22(27)17-10-5-6-12-19(17)29-16-8-3-2-4-9-16/h2-13H,14-15H2,1H3. The number of nitrogens with zero attached hydrogens (tertiary/aromatic N) is 2. The molecule has 0 fully saturated rings. The van der Waals surface area contributed by atoms with Gasteiger partial charge in [0.05, 0.1) is 22.4 Å². The van der Waals surface area contributed by atoms with Gasteiger partial charge in [0.2, 0.25) is 0 Å². The van der Waals surface area contributed by atoms with Crippen molar-refractivity contribution >= 4 is 27.5 Å². The highest BCUT2D eigenvalue weighted by atomic mass is 32.1. The number of ether oxygens (including phenoxy) is 2. The van der Waals surface area contributed by atoms with E-state index in [1.165, 1.54) is 17.4 Å². The van der Waals surface area contributed by atoms with Gasteiger partial charge in [0, 0.05) is 13.7 Å². The first-order valence-electron chi connectivity index (χ1n) is 9.35. The van der Waals surface area contributed by atoms with Gasteiger partial charge in [-0.1, -0.05) is 47.7 Å². The van der Waals surface area contributed by atoms with E-state index in [9.17, 15) is 9.18 Å². The number of benzene rings is 3. The van der Waals surface area contributed by atoms with Crippen LogP contribution < -0.4 is 9.54 Å². The third kappa shape index (κ3) is 4.17. The molecule has 152 valence electrons. The Kier molecular flexibility index (Phi) is 6.02. The van der Waals surface area contributed by atoms with Gasteiger partial charge >= 0.3 is 0 Å². The molecule has 0 aliphatic heterocycles. The van der Waals surface area contributed by atoms with E-state index in [0.717, 1.165) is 0 Å². The molecule has 0 unspecified atom stereocenters. The van der Waals surface area contributed by atoms with Crippen LogP contribution in [0.4, 0.5) is 4.39 Å². The van der Waals surface area contributed by atoms with Gasteiger partial charge in [-0.05, 0) is 36.4 Å². The number of carbonyl (C=O) groups is 1. The van der Waals surface area contributed by atoms with Gasteiger partial charge in [0.25, 0.3) is 5.91 Å². The molecule has 5 nitrogen and oxygen atoms in total. The Morgan fingerprint density at radius 2 is 1.80 bits per heavy atom. The Bertz CT molecular complexity index is 1250. The monoisotopic (exact) mass is 422 g/mol. The van der Waals surface area contributed by atoms with Crippen molar-refractivity contribution in [1.82, 2.24) is 4.57 Å². The van der Waals surface area contributed by atoms with E-state index in [4.69, 9.17) is 9.47 Å². The Morgan fingerprint density at radius 3 is 2.60 bits per heavy atom. The van der Waals surface area contributed by atoms with Crippen LogP contribution in [-0.2, 0) is 11.3 Å². The van der Waals surface area contributed by atoms with Crippen molar-refractivity contribution < 1.29 is 18.7 Å². The lowest BCUT2D eigenvalue weighted by molar-refractivity contribution is 0.0995. The van der Waals surface area contributed by atoms with Gasteiger partial charge in [-0.15, -0.1) is 0 Å². The third-order valence-electron chi connectivity index (χ3n) is 4.46. The largest absolute Gasteiger partial charge is 0.457 e. The van der Waals surface area contributed by atoms with Gasteiger partial charge in [0.1, 0.15) is 17.3 Å². The summed E-state index contributed by atoms with van der Waals surface area (Å²) in [4.78, 5) is 17.7. The normalized spacial score (nSPS) is 11.7. The van der Waals surface area contributed by atoms with Gasteiger partial charge in [-0.2, -0.15) is 4.99 Å². The summed E-state index contributed by atoms with van der Waals surface area (Å²) in [5, 5.41) is 0. The maximum absolute atomic E-state index is 14.5. The van der Waals surface area contributed by atoms with Crippen LogP contribution in [0.1, 0.15) is 10.4 Å². The number of amides is 1. The summed E-state index contributed by atoms with van der Waals surface area (Å²) in [6.07, 6.45) is 0. The van der Waals surface area contributed by atoms with E-state index < -0.39 is 5.91 Å². The van der Waals surface area contributed by atoms with Crippen LogP contribution in [0.25, 0.3) is 10.2 Å². The lowest BCUT2D eigenvalue weighted by Gasteiger charge is -2.09.